The van der Waals surface area contributed by atoms with Gasteiger partial charge in [0.1, 0.15) is 6.23 Å². The molecule has 0 spiro atoms. The van der Waals surface area contributed by atoms with E-state index >= 15 is 0 Å². The summed E-state index contributed by atoms with van der Waals surface area (Å²) in [7, 11) is 0. The van der Waals surface area contributed by atoms with Gasteiger partial charge in [0.15, 0.2) is 0 Å². The van der Waals surface area contributed by atoms with Gasteiger partial charge in [-0.2, -0.15) is 0 Å². The zero-order valence-electron chi connectivity index (χ0n) is 7.09. The van der Waals surface area contributed by atoms with E-state index in [4.69, 9.17) is 0 Å². The molecule has 0 radical (unpaired) electrons. The molecule has 1 rings (SSSR count). The minimum atomic E-state index is -0.194. The van der Waals surface area contributed by atoms with Crippen molar-refractivity contribution >= 4 is 0 Å². The predicted molar refractivity (Wildman–Crippen MR) is 41.7 cm³/mol. The molecular weight excluding hydrogens is 126 g/mol. The van der Waals surface area contributed by atoms with Crippen LogP contribution in [-0.4, -0.2) is 28.3 Å². The second-order valence-electron chi connectivity index (χ2n) is 3.62. The smallest absolute Gasteiger partial charge is 0.107 e. The van der Waals surface area contributed by atoms with Crippen LogP contribution in [0, 0.1) is 0 Å². The molecule has 0 saturated carbocycles. The molecule has 2 heteroatoms. The van der Waals surface area contributed by atoms with E-state index < -0.39 is 0 Å². The fourth-order valence-corrected chi connectivity index (χ4v) is 1.82. The predicted octanol–water partition coefficient (Wildman–Crippen LogP) is 1.20. The topological polar surface area (TPSA) is 23.5 Å². The summed E-state index contributed by atoms with van der Waals surface area (Å²) < 4.78 is 0. The maximum Gasteiger partial charge on any atom is 0.107 e. The molecule has 0 aromatic rings. The Morgan fingerprint density at radius 1 is 1.60 bits per heavy atom. The summed E-state index contributed by atoms with van der Waals surface area (Å²) in [4.78, 5) is 2.15. The molecular formula is C8H17NO. The van der Waals surface area contributed by atoms with E-state index in [0.717, 1.165) is 19.4 Å². The third-order valence-corrected chi connectivity index (χ3v) is 2.49. The van der Waals surface area contributed by atoms with E-state index in [-0.39, 0.29) is 11.8 Å². The van der Waals surface area contributed by atoms with E-state index in [0.29, 0.717) is 0 Å². The molecule has 0 aliphatic carbocycles. The van der Waals surface area contributed by atoms with Gasteiger partial charge in [-0.05, 0) is 33.2 Å². The first-order chi connectivity index (χ1) is 4.58. The van der Waals surface area contributed by atoms with Crippen molar-refractivity contribution < 1.29 is 5.11 Å². The van der Waals surface area contributed by atoms with Crippen molar-refractivity contribution in [1.82, 2.24) is 4.90 Å². The van der Waals surface area contributed by atoms with Crippen LogP contribution in [0.25, 0.3) is 0 Å². The average Bonchev–Trinajstić information content (AvgIpc) is 2.07. The highest BCUT2D eigenvalue weighted by Crippen LogP contribution is 2.31. The molecule has 1 fully saturated rings. The SMILES string of the molecule is CCN1C(O)CCC1(C)C. The monoisotopic (exact) mass is 143 g/mol. The number of aliphatic hydroxyl groups is 1. The van der Waals surface area contributed by atoms with Gasteiger partial charge in [0.05, 0.1) is 0 Å². The largest absolute Gasteiger partial charge is 0.378 e. The van der Waals surface area contributed by atoms with Gasteiger partial charge in [-0.25, -0.2) is 0 Å². The molecule has 1 saturated heterocycles. The van der Waals surface area contributed by atoms with Crippen molar-refractivity contribution in [1.29, 1.82) is 0 Å². The van der Waals surface area contributed by atoms with Crippen molar-refractivity contribution in [3.8, 4) is 0 Å². The van der Waals surface area contributed by atoms with Gasteiger partial charge in [0.2, 0.25) is 0 Å². The van der Waals surface area contributed by atoms with Crippen molar-refractivity contribution in [2.24, 2.45) is 0 Å². The lowest BCUT2D eigenvalue weighted by atomic mass is 10.0. The summed E-state index contributed by atoms with van der Waals surface area (Å²) in [6.07, 6.45) is 1.85. The Balaban J connectivity index is 2.63. The fraction of sp³-hybridized carbons (Fsp3) is 1.00. The summed E-state index contributed by atoms with van der Waals surface area (Å²) in [5, 5.41) is 9.45. The standard InChI is InChI=1S/C8H17NO/c1-4-9-7(10)5-6-8(9,2)3/h7,10H,4-6H2,1-3H3. The van der Waals surface area contributed by atoms with Gasteiger partial charge in [-0.1, -0.05) is 6.92 Å². The van der Waals surface area contributed by atoms with Crippen LogP contribution >= 0.6 is 0 Å². The highest BCUT2D eigenvalue weighted by atomic mass is 16.3. The molecule has 10 heavy (non-hydrogen) atoms. The van der Waals surface area contributed by atoms with Crippen molar-refractivity contribution in [2.45, 2.75) is 45.4 Å². The Bertz CT molecular complexity index is 122. The van der Waals surface area contributed by atoms with E-state index in [9.17, 15) is 5.11 Å². The molecule has 0 aromatic carbocycles. The summed E-state index contributed by atoms with van der Waals surface area (Å²) in [6, 6.07) is 0. The van der Waals surface area contributed by atoms with Crippen molar-refractivity contribution in [2.75, 3.05) is 6.54 Å². The van der Waals surface area contributed by atoms with Crippen LogP contribution in [-0.2, 0) is 0 Å². The highest BCUT2D eigenvalue weighted by molar-refractivity contribution is 4.89. The van der Waals surface area contributed by atoms with Crippen LogP contribution < -0.4 is 0 Å². The molecule has 1 aliphatic heterocycles. The van der Waals surface area contributed by atoms with E-state index in [2.05, 4.69) is 25.7 Å². The summed E-state index contributed by atoms with van der Waals surface area (Å²) in [5.41, 5.74) is 0.216. The molecule has 0 amide bonds. The number of likely N-dealkylation sites (tertiary alicyclic amines) is 1. The Hall–Kier alpha value is -0.0800. The second-order valence-corrected chi connectivity index (χ2v) is 3.62. The Kier molecular flexibility index (Phi) is 2.02. The third kappa shape index (κ3) is 1.18. The molecule has 1 heterocycles. The Labute approximate surface area is 62.8 Å². The lowest BCUT2D eigenvalue weighted by molar-refractivity contribution is -0.00324. The maximum atomic E-state index is 9.45. The number of rotatable bonds is 1. The van der Waals surface area contributed by atoms with Crippen LogP contribution in [0.3, 0.4) is 0 Å². The quantitative estimate of drug-likeness (QED) is 0.596. The first-order valence-corrected chi connectivity index (χ1v) is 4.03. The molecule has 1 aliphatic rings. The molecule has 0 bridgehead atoms. The summed E-state index contributed by atoms with van der Waals surface area (Å²) in [6.45, 7) is 7.42. The Morgan fingerprint density at radius 3 is 2.40 bits per heavy atom. The third-order valence-electron chi connectivity index (χ3n) is 2.49. The molecule has 1 unspecified atom stereocenters. The number of hydrogen-bond donors (Lipinski definition) is 1. The molecule has 2 nitrogen and oxygen atoms in total. The fourth-order valence-electron chi connectivity index (χ4n) is 1.82. The lowest BCUT2D eigenvalue weighted by Gasteiger charge is -2.32. The van der Waals surface area contributed by atoms with Gasteiger partial charge >= 0.3 is 0 Å². The first-order valence-electron chi connectivity index (χ1n) is 4.03. The Morgan fingerprint density at radius 2 is 2.20 bits per heavy atom. The summed E-state index contributed by atoms with van der Waals surface area (Å²) in [5.74, 6) is 0. The highest BCUT2D eigenvalue weighted by Gasteiger charge is 2.36. The lowest BCUT2D eigenvalue weighted by Crippen LogP contribution is -2.42. The van der Waals surface area contributed by atoms with Crippen molar-refractivity contribution in [3.05, 3.63) is 0 Å². The molecule has 1 N–H and O–H groups in total. The normalized spacial score (nSPS) is 33.0. The van der Waals surface area contributed by atoms with E-state index in [1.54, 1.807) is 0 Å². The number of hydrogen-bond acceptors (Lipinski definition) is 2. The van der Waals surface area contributed by atoms with Gasteiger partial charge < -0.3 is 5.11 Å². The van der Waals surface area contributed by atoms with Crippen molar-refractivity contribution in [3.63, 3.8) is 0 Å². The second kappa shape index (κ2) is 2.51. The zero-order valence-corrected chi connectivity index (χ0v) is 7.09. The zero-order chi connectivity index (χ0) is 7.78. The minimum absolute atomic E-state index is 0.194. The van der Waals surface area contributed by atoms with Crippen LogP contribution in [0.5, 0.6) is 0 Å². The molecule has 60 valence electrons. The van der Waals surface area contributed by atoms with Crippen LogP contribution in [0.1, 0.15) is 33.6 Å². The minimum Gasteiger partial charge on any atom is -0.378 e. The summed E-state index contributed by atoms with van der Waals surface area (Å²) >= 11 is 0. The maximum absolute atomic E-state index is 9.45. The van der Waals surface area contributed by atoms with Crippen LogP contribution in [0.15, 0.2) is 0 Å². The van der Waals surface area contributed by atoms with Crippen LogP contribution in [0.2, 0.25) is 0 Å². The van der Waals surface area contributed by atoms with E-state index in [1.807, 2.05) is 0 Å². The van der Waals surface area contributed by atoms with Gasteiger partial charge in [0.25, 0.3) is 0 Å². The number of nitrogens with zero attached hydrogens (tertiary/aromatic N) is 1. The molecule has 0 aromatic heterocycles. The van der Waals surface area contributed by atoms with Gasteiger partial charge in [-0.3, -0.25) is 4.90 Å². The van der Waals surface area contributed by atoms with E-state index in [1.165, 1.54) is 0 Å². The first kappa shape index (κ1) is 8.02. The van der Waals surface area contributed by atoms with Crippen LogP contribution in [0.4, 0.5) is 0 Å². The van der Waals surface area contributed by atoms with Gasteiger partial charge in [0, 0.05) is 5.54 Å². The van der Waals surface area contributed by atoms with Gasteiger partial charge in [-0.15, -0.1) is 0 Å². The average molecular weight is 143 g/mol. The molecule has 1 atom stereocenters. The number of aliphatic hydroxyl groups excluding tert-OH is 1.